The highest BCUT2D eigenvalue weighted by atomic mass is 16.5. The Balaban J connectivity index is 2.03. The summed E-state index contributed by atoms with van der Waals surface area (Å²) in [6.45, 7) is 12.5. The molecule has 2 rings (SSSR count). The summed E-state index contributed by atoms with van der Waals surface area (Å²) in [6, 6.07) is 16.2. The summed E-state index contributed by atoms with van der Waals surface area (Å²) in [5.41, 5.74) is 3.54. The molecule has 2 atom stereocenters. The van der Waals surface area contributed by atoms with Crippen molar-refractivity contribution in [2.45, 2.75) is 65.5 Å². The van der Waals surface area contributed by atoms with Crippen LogP contribution in [0.4, 0.5) is 0 Å². The van der Waals surface area contributed by atoms with Gasteiger partial charge in [-0.3, -0.25) is 4.79 Å². The Labute approximate surface area is 157 Å². The standard InChI is InChI=1S/C23H31NO2/c1-7-20(26-21-11-9-8-10-16(21)2)22(25)24-17(3)18-12-14-19(15-13-18)23(4,5)6/h8-15,17,20H,7H2,1-6H3,(H,24,25)/t17-,20+/m1/s1. The maximum absolute atomic E-state index is 12.7. The molecule has 2 aromatic carbocycles. The second kappa shape index (κ2) is 8.39. The maximum Gasteiger partial charge on any atom is 0.261 e. The SMILES string of the molecule is CC[C@H](Oc1ccccc1C)C(=O)N[C@H](C)c1ccc(C(C)(C)C)cc1. The van der Waals surface area contributed by atoms with E-state index in [0.29, 0.717) is 6.42 Å². The lowest BCUT2D eigenvalue weighted by molar-refractivity contribution is -0.128. The predicted octanol–water partition coefficient (Wildman–Crippen LogP) is 5.33. The number of para-hydroxylation sites is 1. The molecule has 0 aliphatic rings. The van der Waals surface area contributed by atoms with Gasteiger partial charge in [0, 0.05) is 0 Å². The maximum atomic E-state index is 12.7. The molecule has 0 radical (unpaired) electrons. The molecule has 3 heteroatoms. The summed E-state index contributed by atoms with van der Waals surface area (Å²) in [6.07, 6.45) is 0.128. The van der Waals surface area contributed by atoms with E-state index in [-0.39, 0.29) is 17.4 Å². The number of ether oxygens (including phenoxy) is 1. The minimum Gasteiger partial charge on any atom is -0.480 e. The van der Waals surface area contributed by atoms with Gasteiger partial charge >= 0.3 is 0 Å². The van der Waals surface area contributed by atoms with Crippen LogP contribution in [0.3, 0.4) is 0 Å². The Morgan fingerprint density at radius 2 is 1.69 bits per heavy atom. The molecule has 1 N–H and O–H groups in total. The first-order valence-corrected chi connectivity index (χ1v) is 9.35. The molecule has 2 aromatic rings. The molecule has 3 nitrogen and oxygen atoms in total. The minimum atomic E-state index is -0.493. The van der Waals surface area contributed by atoms with Gasteiger partial charge in [0.25, 0.3) is 5.91 Å². The van der Waals surface area contributed by atoms with Crippen LogP contribution in [0.15, 0.2) is 48.5 Å². The predicted molar refractivity (Wildman–Crippen MR) is 108 cm³/mol. The van der Waals surface area contributed by atoms with Gasteiger partial charge in [-0.05, 0) is 48.4 Å². The molecule has 1 amide bonds. The van der Waals surface area contributed by atoms with E-state index in [1.54, 1.807) is 0 Å². The third-order valence-corrected chi connectivity index (χ3v) is 4.66. The monoisotopic (exact) mass is 353 g/mol. The lowest BCUT2D eigenvalue weighted by Gasteiger charge is -2.23. The number of rotatable bonds is 6. The van der Waals surface area contributed by atoms with E-state index in [9.17, 15) is 4.79 Å². The number of aryl methyl sites for hydroxylation is 1. The highest BCUT2D eigenvalue weighted by molar-refractivity contribution is 5.81. The van der Waals surface area contributed by atoms with Crippen LogP contribution in [0.1, 0.15) is 63.8 Å². The van der Waals surface area contributed by atoms with Gasteiger partial charge in [-0.15, -0.1) is 0 Å². The molecule has 0 unspecified atom stereocenters. The number of carbonyl (C=O) groups is 1. The number of hydrogen-bond donors (Lipinski definition) is 1. The third kappa shape index (κ3) is 5.10. The lowest BCUT2D eigenvalue weighted by Crippen LogP contribution is -2.39. The van der Waals surface area contributed by atoms with Crippen LogP contribution in [0.25, 0.3) is 0 Å². The van der Waals surface area contributed by atoms with Crippen LogP contribution < -0.4 is 10.1 Å². The Kier molecular flexibility index (Phi) is 6.47. The van der Waals surface area contributed by atoms with E-state index < -0.39 is 6.10 Å². The van der Waals surface area contributed by atoms with Crippen LogP contribution in [-0.2, 0) is 10.2 Å². The van der Waals surface area contributed by atoms with Crippen LogP contribution in [0, 0.1) is 6.92 Å². The Bertz CT molecular complexity index is 729. The van der Waals surface area contributed by atoms with Crippen molar-refractivity contribution in [2.75, 3.05) is 0 Å². The van der Waals surface area contributed by atoms with E-state index in [1.807, 2.05) is 45.0 Å². The summed E-state index contributed by atoms with van der Waals surface area (Å²) in [4.78, 5) is 12.7. The van der Waals surface area contributed by atoms with Crippen molar-refractivity contribution in [2.24, 2.45) is 0 Å². The van der Waals surface area contributed by atoms with Gasteiger partial charge in [0.15, 0.2) is 6.10 Å². The van der Waals surface area contributed by atoms with E-state index in [4.69, 9.17) is 4.74 Å². The fourth-order valence-corrected chi connectivity index (χ4v) is 2.83. The van der Waals surface area contributed by atoms with Crippen LogP contribution in [0.5, 0.6) is 5.75 Å². The molecule has 140 valence electrons. The van der Waals surface area contributed by atoms with Crippen molar-refractivity contribution < 1.29 is 9.53 Å². The zero-order chi connectivity index (χ0) is 19.3. The molecular formula is C23H31NO2. The van der Waals surface area contributed by atoms with E-state index in [1.165, 1.54) is 5.56 Å². The normalized spacial score (nSPS) is 13.8. The first-order chi connectivity index (χ1) is 12.2. The first kappa shape index (κ1) is 20.0. The van der Waals surface area contributed by atoms with Gasteiger partial charge in [0.1, 0.15) is 5.75 Å². The molecule has 0 spiro atoms. The van der Waals surface area contributed by atoms with Gasteiger partial charge in [-0.25, -0.2) is 0 Å². The van der Waals surface area contributed by atoms with Gasteiger partial charge in [0.05, 0.1) is 6.04 Å². The lowest BCUT2D eigenvalue weighted by atomic mass is 9.86. The van der Waals surface area contributed by atoms with Gasteiger partial charge < -0.3 is 10.1 Å². The molecule has 26 heavy (non-hydrogen) atoms. The van der Waals surface area contributed by atoms with Gasteiger partial charge in [-0.1, -0.05) is 70.2 Å². The number of nitrogens with one attached hydrogen (secondary N) is 1. The first-order valence-electron chi connectivity index (χ1n) is 9.35. The summed E-state index contributed by atoms with van der Waals surface area (Å²) in [5, 5.41) is 3.08. The summed E-state index contributed by atoms with van der Waals surface area (Å²) in [7, 11) is 0. The Hall–Kier alpha value is -2.29. The van der Waals surface area contributed by atoms with Crippen LogP contribution >= 0.6 is 0 Å². The molecule has 0 saturated carbocycles. The molecular weight excluding hydrogens is 322 g/mol. The van der Waals surface area contributed by atoms with Crippen LogP contribution in [0.2, 0.25) is 0 Å². The number of amides is 1. The van der Waals surface area contributed by atoms with Gasteiger partial charge in [0.2, 0.25) is 0 Å². The molecule has 0 aromatic heterocycles. The zero-order valence-electron chi connectivity index (χ0n) is 16.8. The van der Waals surface area contributed by atoms with E-state index in [2.05, 4.69) is 50.4 Å². The number of benzene rings is 2. The van der Waals surface area contributed by atoms with Crippen molar-refractivity contribution >= 4 is 5.91 Å². The number of carbonyl (C=O) groups excluding carboxylic acids is 1. The Morgan fingerprint density at radius 1 is 1.08 bits per heavy atom. The molecule has 0 aliphatic heterocycles. The van der Waals surface area contributed by atoms with Crippen LogP contribution in [-0.4, -0.2) is 12.0 Å². The smallest absolute Gasteiger partial charge is 0.261 e. The highest BCUT2D eigenvalue weighted by Crippen LogP contribution is 2.24. The zero-order valence-corrected chi connectivity index (χ0v) is 16.8. The second-order valence-electron chi connectivity index (χ2n) is 7.88. The van der Waals surface area contributed by atoms with Crippen molar-refractivity contribution in [3.63, 3.8) is 0 Å². The fourth-order valence-electron chi connectivity index (χ4n) is 2.83. The third-order valence-electron chi connectivity index (χ3n) is 4.66. The minimum absolute atomic E-state index is 0.0639. The summed E-state index contributed by atoms with van der Waals surface area (Å²) in [5.74, 6) is 0.680. The Morgan fingerprint density at radius 3 is 2.23 bits per heavy atom. The molecule has 0 aliphatic carbocycles. The topological polar surface area (TPSA) is 38.3 Å². The molecule has 0 bridgehead atoms. The average molecular weight is 354 g/mol. The second-order valence-corrected chi connectivity index (χ2v) is 7.88. The molecule has 0 fully saturated rings. The van der Waals surface area contributed by atoms with E-state index >= 15 is 0 Å². The van der Waals surface area contributed by atoms with Crippen molar-refractivity contribution in [1.29, 1.82) is 0 Å². The van der Waals surface area contributed by atoms with Gasteiger partial charge in [-0.2, -0.15) is 0 Å². The fraction of sp³-hybridized carbons (Fsp3) is 0.435. The van der Waals surface area contributed by atoms with Crippen molar-refractivity contribution in [1.82, 2.24) is 5.32 Å². The molecule has 0 saturated heterocycles. The summed E-state index contributed by atoms with van der Waals surface area (Å²) >= 11 is 0. The average Bonchev–Trinajstić information content (AvgIpc) is 2.60. The van der Waals surface area contributed by atoms with E-state index in [0.717, 1.165) is 16.9 Å². The quantitative estimate of drug-likeness (QED) is 0.762. The summed E-state index contributed by atoms with van der Waals surface area (Å²) < 4.78 is 5.94. The highest BCUT2D eigenvalue weighted by Gasteiger charge is 2.21. The largest absolute Gasteiger partial charge is 0.480 e. The van der Waals surface area contributed by atoms with Crippen molar-refractivity contribution in [3.05, 3.63) is 65.2 Å². The number of hydrogen-bond acceptors (Lipinski definition) is 2. The molecule has 0 heterocycles. The van der Waals surface area contributed by atoms with Crippen molar-refractivity contribution in [3.8, 4) is 5.75 Å².